The summed E-state index contributed by atoms with van der Waals surface area (Å²) in [6.07, 6.45) is 6.86. The first-order valence-corrected chi connectivity index (χ1v) is 7.77. The number of pyridine rings is 1. The summed E-state index contributed by atoms with van der Waals surface area (Å²) in [5, 5.41) is 8.98. The van der Waals surface area contributed by atoms with Crippen LogP contribution in [-0.4, -0.2) is 4.57 Å². The summed E-state index contributed by atoms with van der Waals surface area (Å²) >= 11 is 0. The Balaban J connectivity index is 1.77. The topological polar surface area (TPSA) is 45.8 Å². The molecular formula is C17H20N2O. The lowest BCUT2D eigenvalue weighted by atomic mass is 9.51. The van der Waals surface area contributed by atoms with Gasteiger partial charge in [-0.2, -0.15) is 5.26 Å². The van der Waals surface area contributed by atoms with Gasteiger partial charge in [-0.05, 0) is 67.9 Å². The number of rotatable bonds is 1. The average molecular weight is 268 g/mol. The van der Waals surface area contributed by atoms with Gasteiger partial charge in [0, 0.05) is 18.7 Å². The third-order valence-electron chi connectivity index (χ3n) is 6.03. The summed E-state index contributed by atoms with van der Waals surface area (Å²) < 4.78 is 1.74. The molecule has 0 amide bonds. The van der Waals surface area contributed by atoms with Crippen LogP contribution in [0.1, 0.15) is 49.3 Å². The molecule has 4 bridgehead atoms. The number of nitrogens with zero attached hydrogens (tertiary/aromatic N) is 2. The van der Waals surface area contributed by atoms with Crippen molar-refractivity contribution in [1.29, 1.82) is 5.26 Å². The maximum atomic E-state index is 12.2. The van der Waals surface area contributed by atoms with Crippen LogP contribution >= 0.6 is 0 Å². The van der Waals surface area contributed by atoms with Crippen LogP contribution in [0.25, 0.3) is 0 Å². The van der Waals surface area contributed by atoms with Crippen molar-refractivity contribution in [2.24, 2.45) is 30.7 Å². The van der Waals surface area contributed by atoms with Crippen molar-refractivity contribution in [2.75, 3.05) is 0 Å². The molecule has 0 atom stereocenters. The minimum absolute atomic E-state index is 0.126. The van der Waals surface area contributed by atoms with Crippen molar-refractivity contribution in [3.05, 3.63) is 33.7 Å². The largest absolute Gasteiger partial charge is 0.314 e. The summed E-state index contributed by atoms with van der Waals surface area (Å²) in [5.74, 6) is 3.98. The molecule has 0 aliphatic heterocycles. The van der Waals surface area contributed by atoms with E-state index in [1.165, 1.54) is 37.8 Å². The van der Waals surface area contributed by atoms with Crippen molar-refractivity contribution in [1.82, 2.24) is 4.57 Å². The van der Waals surface area contributed by atoms with Gasteiger partial charge in [-0.15, -0.1) is 0 Å². The van der Waals surface area contributed by atoms with Crippen LogP contribution in [0.4, 0.5) is 0 Å². The molecule has 0 radical (unpaired) electrons. The fourth-order valence-electron chi connectivity index (χ4n) is 5.48. The predicted molar refractivity (Wildman–Crippen MR) is 76.2 cm³/mol. The third kappa shape index (κ3) is 1.60. The number of nitriles is 1. The minimum atomic E-state index is -0.126. The van der Waals surface area contributed by atoms with Crippen molar-refractivity contribution in [2.45, 2.75) is 38.0 Å². The summed E-state index contributed by atoms with van der Waals surface area (Å²) in [6, 6.07) is 5.76. The van der Waals surface area contributed by atoms with Crippen molar-refractivity contribution in [3.8, 4) is 6.07 Å². The lowest BCUT2D eigenvalue weighted by Gasteiger charge is -2.54. The maximum Gasteiger partial charge on any atom is 0.268 e. The molecule has 1 aromatic rings. The Bertz CT molecular complexity index is 624. The van der Waals surface area contributed by atoms with E-state index in [1.54, 1.807) is 10.6 Å². The zero-order valence-electron chi connectivity index (χ0n) is 11.9. The van der Waals surface area contributed by atoms with Gasteiger partial charge in [0.15, 0.2) is 0 Å². The normalized spacial score (nSPS) is 37.9. The number of aromatic nitrogens is 1. The van der Waals surface area contributed by atoms with Crippen LogP contribution in [0.2, 0.25) is 0 Å². The van der Waals surface area contributed by atoms with Gasteiger partial charge in [0.1, 0.15) is 11.6 Å². The molecule has 3 nitrogen and oxygen atoms in total. The predicted octanol–water partition coefficient (Wildman–Crippen LogP) is 2.80. The molecule has 4 aliphatic rings. The van der Waals surface area contributed by atoms with Crippen molar-refractivity contribution in [3.63, 3.8) is 0 Å². The molecular weight excluding hydrogens is 248 g/mol. The first-order chi connectivity index (χ1) is 9.67. The van der Waals surface area contributed by atoms with Gasteiger partial charge in [-0.1, -0.05) is 0 Å². The van der Waals surface area contributed by atoms with Crippen LogP contribution < -0.4 is 5.56 Å². The zero-order valence-corrected chi connectivity index (χ0v) is 11.9. The smallest absolute Gasteiger partial charge is 0.268 e. The van der Waals surface area contributed by atoms with Gasteiger partial charge in [-0.3, -0.25) is 4.79 Å². The lowest BCUT2D eigenvalue weighted by molar-refractivity contribution is -0.00533. The van der Waals surface area contributed by atoms with Gasteiger partial charge in [0.2, 0.25) is 0 Å². The Hall–Kier alpha value is -1.56. The van der Waals surface area contributed by atoms with Crippen molar-refractivity contribution < 1.29 is 0 Å². The van der Waals surface area contributed by atoms with E-state index in [0.717, 1.165) is 23.7 Å². The van der Waals surface area contributed by atoms with Gasteiger partial charge in [0.25, 0.3) is 5.56 Å². The second-order valence-corrected chi connectivity index (χ2v) is 7.10. The summed E-state index contributed by atoms with van der Waals surface area (Å²) in [4.78, 5) is 12.2. The van der Waals surface area contributed by atoms with E-state index in [2.05, 4.69) is 0 Å². The summed E-state index contributed by atoms with van der Waals surface area (Å²) in [5.41, 5.74) is 1.31. The molecule has 3 heteroatoms. The fourth-order valence-corrected chi connectivity index (χ4v) is 5.48. The SMILES string of the molecule is Cn1c(C2C3CC4CC(C3)CC2C4)ccc(C#N)c1=O. The Morgan fingerprint density at radius 1 is 1.10 bits per heavy atom. The van der Waals surface area contributed by atoms with Gasteiger partial charge in [-0.25, -0.2) is 0 Å². The molecule has 0 saturated heterocycles. The minimum Gasteiger partial charge on any atom is -0.314 e. The summed E-state index contributed by atoms with van der Waals surface area (Å²) in [7, 11) is 1.84. The molecule has 1 aromatic heterocycles. The Labute approximate surface area is 119 Å². The van der Waals surface area contributed by atoms with E-state index in [0.29, 0.717) is 5.92 Å². The molecule has 0 aromatic carbocycles. The molecule has 4 saturated carbocycles. The molecule has 0 N–H and O–H groups in total. The highest BCUT2D eigenvalue weighted by atomic mass is 16.1. The molecule has 0 spiro atoms. The van der Waals surface area contributed by atoms with E-state index in [4.69, 9.17) is 5.26 Å². The third-order valence-corrected chi connectivity index (χ3v) is 6.03. The average Bonchev–Trinajstić information content (AvgIpc) is 2.42. The fraction of sp³-hybridized carbons (Fsp3) is 0.647. The van der Waals surface area contributed by atoms with Crippen LogP contribution in [0.15, 0.2) is 16.9 Å². The maximum absolute atomic E-state index is 12.2. The first kappa shape index (κ1) is 12.2. The standard InChI is InChI=1S/C17H20N2O/c1-19-15(3-2-12(9-18)17(19)20)16-13-5-10-4-11(7-13)8-14(16)6-10/h2-3,10-11,13-14,16H,4-8H2,1H3. The van der Waals surface area contributed by atoms with Crippen LogP contribution in [0.5, 0.6) is 0 Å². The Kier molecular flexibility index (Phi) is 2.57. The first-order valence-electron chi connectivity index (χ1n) is 7.77. The molecule has 4 fully saturated rings. The van der Waals surface area contributed by atoms with E-state index in [1.807, 2.05) is 19.2 Å². The Morgan fingerprint density at radius 3 is 2.25 bits per heavy atom. The molecule has 0 unspecified atom stereocenters. The molecule has 4 aliphatic carbocycles. The quantitative estimate of drug-likeness (QED) is 0.786. The van der Waals surface area contributed by atoms with Gasteiger partial charge >= 0.3 is 0 Å². The summed E-state index contributed by atoms with van der Waals surface area (Å²) in [6.45, 7) is 0. The van der Waals surface area contributed by atoms with E-state index in [9.17, 15) is 4.79 Å². The van der Waals surface area contributed by atoms with Crippen LogP contribution in [0.3, 0.4) is 0 Å². The van der Waals surface area contributed by atoms with E-state index in [-0.39, 0.29) is 11.1 Å². The second kappa shape index (κ2) is 4.22. The van der Waals surface area contributed by atoms with Crippen LogP contribution in [0, 0.1) is 35.0 Å². The Morgan fingerprint density at radius 2 is 1.70 bits per heavy atom. The number of hydrogen-bond donors (Lipinski definition) is 0. The van der Waals surface area contributed by atoms with Crippen LogP contribution in [-0.2, 0) is 7.05 Å². The van der Waals surface area contributed by atoms with Gasteiger partial charge < -0.3 is 4.57 Å². The molecule has 20 heavy (non-hydrogen) atoms. The highest BCUT2D eigenvalue weighted by molar-refractivity contribution is 5.30. The highest BCUT2D eigenvalue weighted by Crippen LogP contribution is 2.59. The molecule has 5 rings (SSSR count). The lowest BCUT2D eigenvalue weighted by Crippen LogP contribution is -2.45. The van der Waals surface area contributed by atoms with Crippen molar-refractivity contribution >= 4 is 0 Å². The number of hydrogen-bond acceptors (Lipinski definition) is 2. The van der Waals surface area contributed by atoms with Gasteiger partial charge in [0.05, 0.1) is 0 Å². The molecule has 1 heterocycles. The van der Waals surface area contributed by atoms with E-state index >= 15 is 0 Å². The highest BCUT2D eigenvalue weighted by Gasteiger charge is 2.49. The zero-order chi connectivity index (χ0) is 13.9. The monoisotopic (exact) mass is 268 g/mol. The molecule has 104 valence electrons. The second-order valence-electron chi connectivity index (χ2n) is 7.10. The van der Waals surface area contributed by atoms with E-state index < -0.39 is 0 Å².